The lowest BCUT2D eigenvalue weighted by atomic mass is 9.81. The first kappa shape index (κ1) is 20.8. The Bertz CT molecular complexity index is 881. The zero-order valence-electron chi connectivity index (χ0n) is 17.0. The third kappa shape index (κ3) is 5.76. The molecule has 5 heteroatoms. The third-order valence-electron chi connectivity index (χ3n) is 5.58. The molecule has 0 aromatic heterocycles. The first-order chi connectivity index (χ1) is 13.9. The van der Waals surface area contributed by atoms with Gasteiger partial charge in [0.25, 0.3) is 0 Å². The van der Waals surface area contributed by atoms with E-state index in [1.54, 1.807) is 24.3 Å². The second-order valence-electron chi connectivity index (χ2n) is 7.88. The fourth-order valence-corrected chi connectivity index (χ4v) is 3.81. The Morgan fingerprint density at radius 2 is 1.52 bits per heavy atom. The number of hydrogen-bond donors (Lipinski definition) is 2. The van der Waals surface area contributed by atoms with Crippen molar-refractivity contribution in [3.05, 3.63) is 65.2 Å². The molecule has 2 amide bonds. The molecular formula is C24H28N2O3. The topological polar surface area (TPSA) is 75.3 Å². The van der Waals surface area contributed by atoms with Gasteiger partial charge in [0, 0.05) is 29.6 Å². The van der Waals surface area contributed by atoms with Crippen LogP contribution in [-0.4, -0.2) is 17.6 Å². The van der Waals surface area contributed by atoms with Crippen molar-refractivity contribution < 1.29 is 14.4 Å². The Kier molecular flexibility index (Phi) is 6.81. The Labute approximate surface area is 171 Å². The smallest absolute Gasteiger partial charge is 0.227 e. The van der Waals surface area contributed by atoms with E-state index in [-0.39, 0.29) is 29.4 Å². The van der Waals surface area contributed by atoms with E-state index in [1.165, 1.54) is 12.5 Å². The van der Waals surface area contributed by atoms with Gasteiger partial charge in [0.15, 0.2) is 5.78 Å². The van der Waals surface area contributed by atoms with E-state index in [2.05, 4.69) is 16.7 Å². The van der Waals surface area contributed by atoms with Crippen LogP contribution in [0.15, 0.2) is 48.5 Å². The number of nitrogens with one attached hydrogen (secondary N) is 2. The highest BCUT2D eigenvalue weighted by atomic mass is 16.2. The molecule has 0 saturated heterocycles. The van der Waals surface area contributed by atoms with Crippen molar-refractivity contribution in [2.45, 2.75) is 46.1 Å². The van der Waals surface area contributed by atoms with Gasteiger partial charge in [-0.05, 0) is 69.4 Å². The Hall–Kier alpha value is -2.95. The summed E-state index contributed by atoms with van der Waals surface area (Å²) >= 11 is 0. The summed E-state index contributed by atoms with van der Waals surface area (Å²) in [6, 6.07) is 15.0. The van der Waals surface area contributed by atoms with Gasteiger partial charge in [0.1, 0.15) is 0 Å². The van der Waals surface area contributed by atoms with Crippen LogP contribution in [0.2, 0.25) is 0 Å². The maximum atomic E-state index is 12.5. The van der Waals surface area contributed by atoms with Gasteiger partial charge in [-0.2, -0.15) is 0 Å². The van der Waals surface area contributed by atoms with Crippen LogP contribution in [0.3, 0.4) is 0 Å². The summed E-state index contributed by atoms with van der Waals surface area (Å²) in [6.45, 7) is 4.09. The monoisotopic (exact) mass is 392 g/mol. The first-order valence-electron chi connectivity index (χ1n) is 10.2. The molecule has 152 valence electrons. The number of anilines is 1. The minimum atomic E-state index is -0.0803. The normalized spacial score (nSPS) is 18.7. The number of Topliss-reactive ketones (excluding diaryl/α,β-unsaturated/α-hetero) is 1. The lowest BCUT2D eigenvalue weighted by Gasteiger charge is -2.27. The highest BCUT2D eigenvalue weighted by Gasteiger charge is 2.29. The molecule has 0 bridgehead atoms. The zero-order valence-corrected chi connectivity index (χ0v) is 17.0. The van der Waals surface area contributed by atoms with Crippen molar-refractivity contribution in [2.24, 2.45) is 11.8 Å². The highest BCUT2D eigenvalue weighted by molar-refractivity contribution is 5.96. The number of carbonyl (C=O) groups is 3. The van der Waals surface area contributed by atoms with Crippen LogP contribution in [0.25, 0.3) is 0 Å². The van der Waals surface area contributed by atoms with Gasteiger partial charge < -0.3 is 10.6 Å². The number of benzene rings is 2. The van der Waals surface area contributed by atoms with E-state index in [4.69, 9.17) is 0 Å². The predicted molar refractivity (Wildman–Crippen MR) is 114 cm³/mol. The van der Waals surface area contributed by atoms with Gasteiger partial charge in [0.05, 0.1) is 0 Å². The largest absolute Gasteiger partial charge is 0.352 e. The predicted octanol–water partition coefficient (Wildman–Crippen LogP) is 4.26. The summed E-state index contributed by atoms with van der Waals surface area (Å²) in [5.74, 6) is -0.0479. The van der Waals surface area contributed by atoms with Crippen molar-refractivity contribution in [3.8, 4) is 0 Å². The molecule has 1 saturated carbocycles. The summed E-state index contributed by atoms with van der Waals surface area (Å²) in [5, 5.41) is 5.95. The van der Waals surface area contributed by atoms with Gasteiger partial charge in [0.2, 0.25) is 11.8 Å². The van der Waals surface area contributed by atoms with Crippen LogP contribution < -0.4 is 10.6 Å². The molecule has 2 aromatic rings. The summed E-state index contributed by atoms with van der Waals surface area (Å²) < 4.78 is 0. The van der Waals surface area contributed by atoms with Gasteiger partial charge >= 0.3 is 0 Å². The van der Waals surface area contributed by atoms with Crippen molar-refractivity contribution in [2.75, 3.05) is 5.32 Å². The second kappa shape index (κ2) is 9.50. The molecule has 1 aliphatic rings. The number of aryl methyl sites for hydroxylation is 1. The number of amides is 2. The van der Waals surface area contributed by atoms with Gasteiger partial charge in [-0.25, -0.2) is 0 Å². The van der Waals surface area contributed by atoms with Crippen LogP contribution in [-0.2, 0) is 16.1 Å². The Balaban J connectivity index is 1.44. The van der Waals surface area contributed by atoms with Crippen LogP contribution in [0.4, 0.5) is 5.69 Å². The average Bonchev–Trinajstić information content (AvgIpc) is 2.72. The van der Waals surface area contributed by atoms with Crippen molar-refractivity contribution in [1.29, 1.82) is 0 Å². The van der Waals surface area contributed by atoms with Gasteiger partial charge in [-0.15, -0.1) is 0 Å². The molecule has 0 atom stereocenters. The van der Waals surface area contributed by atoms with Crippen LogP contribution in [0.1, 0.15) is 54.1 Å². The molecule has 0 aliphatic heterocycles. The van der Waals surface area contributed by atoms with Crippen LogP contribution >= 0.6 is 0 Å². The summed E-state index contributed by atoms with van der Waals surface area (Å²) in [7, 11) is 0. The van der Waals surface area contributed by atoms with Gasteiger partial charge in [-0.3, -0.25) is 14.4 Å². The molecule has 5 nitrogen and oxygen atoms in total. The summed E-state index contributed by atoms with van der Waals surface area (Å²) in [4.78, 5) is 36.3. The van der Waals surface area contributed by atoms with E-state index in [9.17, 15) is 14.4 Å². The third-order valence-corrected chi connectivity index (χ3v) is 5.58. The molecule has 1 fully saturated rings. The SMILES string of the molecule is CC(=O)c1ccc(NC(=O)C2CCC(C(=O)NCc3cccc(C)c3)CC2)cc1. The summed E-state index contributed by atoms with van der Waals surface area (Å²) in [5.41, 5.74) is 3.60. The first-order valence-corrected chi connectivity index (χ1v) is 10.2. The molecule has 0 unspecified atom stereocenters. The van der Waals surface area contributed by atoms with E-state index >= 15 is 0 Å². The maximum absolute atomic E-state index is 12.5. The van der Waals surface area contributed by atoms with Crippen molar-refractivity contribution in [3.63, 3.8) is 0 Å². The minimum Gasteiger partial charge on any atom is -0.352 e. The molecule has 2 N–H and O–H groups in total. The van der Waals surface area contributed by atoms with Crippen LogP contribution in [0.5, 0.6) is 0 Å². The summed E-state index contributed by atoms with van der Waals surface area (Å²) in [6.07, 6.45) is 2.86. The van der Waals surface area contributed by atoms with Crippen molar-refractivity contribution in [1.82, 2.24) is 5.32 Å². The lowest BCUT2D eigenvalue weighted by Crippen LogP contribution is -2.35. The minimum absolute atomic E-state index is 0.00174. The van der Waals surface area contributed by atoms with E-state index < -0.39 is 0 Å². The molecular weight excluding hydrogens is 364 g/mol. The maximum Gasteiger partial charge on any atom is 0.227 e. The Morgan fingerprint density at radius 3 is 2.10 bits per heavy atom. The molecule has 0 heterocycles. The average molecular weight is 392 g/mol. The molecule has 29 heavy (non-hydrogen) atoms. The van der Waals surface area contributed by atoms with Gasteiger partial charge in [-0.1, -0.05) is 29.8 Å². The zero-order chi connectivity index (χ0) is 20.8. The fourth-order valence-electron chi connectivity index (χ4n) is 3.81. The quantitative estimate of drug-likeness (QED) is 0.721. The number of carbonyl (C=O) groups excluding carboxylic acids is 3. The van der Waals surface area contributed by atoms with Crippen LogP contribution in [0, 0.1) is 18.8 Å². The number of hydrogen-bond acceptors (Lipinski definition) is 3. The standard InChI is InChI=1S/C24H28N2O3/c1-16-4-3-5-18(14-16)15-25-23(28)20-6-8-21(9-7-20)24(29)26-22-12-10-19(11-13-22)17(2)27/h3-5,10-14,20-21H,6-9,15H2,1-2H3,(H,25,28)(H,26,29). The molecule has 2 aromatic carbocycles. The number of ketones is 1. The Morgan fingerprint density at radius 1 is 0.897 bits per heavy atom. The van der Waals surface area contributed by atoms with E-state index in [0.717, 1.165) is 18.4 Å². The van der Waals surface area contributed by atoms with E-state index in [1.807, 2.05) is 25.1 Å². The molecule has 0 radical (unpaired) electrons. The van der Waals surface area contributed by atoms with Crippen molar-refractivity contribution >= 4 is 23.3 Å². The molecule has 3 rings (SSSR count). The lowest BCUT2D eigenvalue weighted by molar-refractivity contribution is -0.128. The fraction of sp³-hybridized carbons (Fsp3) is 0.375. The molecule has 0 spiro atoms. The second-order valence-corrected chi connectivity index (χ2v) is 7.88. The number of rotatable bonds is 6. The van der Waals surface area contributed by atoms with E-state index in [0.29, 0.717) is 30.6 Å². The molecule has 1 aliphatic carbocycles. The highest BCUT2D eigenvalue weighted by Crippen LogP contribution is 2.30.